The number of nitrogens with zero attached hydrogens (tertiary/aromatic N) is 1. The number of rotatable bonds is 10. The molecular formula is C27H35FN2O2. The topological polar surface area (TPSA) is 49.4 Å². The molecule has 1 aliphatic heterocycles. The van der Waals surface area contributed by atoms with Crippen molar-refractivity contribution in [1.82, 2.24) is 4.90 Å². The molecule has 0 spiro atoms. The van der Waals surface area contributed by atoms with Crippen LogP contribution in [-0.4, -0.2) is 36.2 Å². The number of hydrogen-bond acceptors (Lipinski definition) is 3. The van der Waals surface area contributed by atoms with Crippen LogP contribution in [-0.2, 0) is 4.79 Å². The summed E-state index contributed by atoms with van der Waals surface area (Å²) in [6.45, 7) is 7.10. The lowest BCUT2D eigenvalue weighted by atomic mass is 9.89. The average molecular weight is 439 g/mol. The van der Waals surface area contributed by atoms with E-state index in [4.69, 9.17) is 0 Å². The zero-order valence-corrected chi connectivity index (χ0v) is 19.3. The van der Waals surface area contributed by atoms with Crippen LogP contribution in [0.1, 0.15) is 74.2 Å². The van der Waals surface area contributed by atoms with E-state index in [1.54, 1.807) is 12.1 Å². The minimum Gasteiger partial charge on any atom is -0.326 e. The summed E-state index contributed by atoms with van der Waals surface area (Å²) in [5.41, 5.74) is 2.78. The van der Waals surface area contributed by atoms with E-state index in [1.807, 2.05) is 26.0 Å². The lowest BCUT2D eigenvalue weighted by Crippen LogP contribution is -2.33. The highest BCUT2D eigenvalue weighted by molar-refractivity contribution is 5.96. The number of carbonyl (C=O) groups excluding carboxylic acids is 2. The monoisotopic (exact) mass is 438 g/mol. The molecule has 2 aromatic rings. The maximum atomic E-state index is 13.0. The van der Waals surface area contributed by atoms with E-state index < -0.39 is 0 Å². The summed E-state index contributed by atoms with van der Waals surface area (Å²) >= 11 is 0. The van der Waals surface area contributed by atoms with E-state index in [-0.39, 0.29) is 23.4 Å². The van der Waals surface area contributed by atoms with Crippen molar-refractivity contribution < 1.29 is 14.0 Å². The highest BCUT2D eigenvalue weighted by atomic mass is 19.1. The molecule has 3 rings (SSSR count). The number of Topliss-reactive ketones (excluding diaryl/α,β-unsaturated/α-hetero) is 1. The number of likely N-dealkylation sites (tertiary alicyclic amines) is 1. The number of hydrogen-bond donors (Lipinski definition) is 1. The molecule has 5 heteroatoms. The Bertz CT molecular complexity index is 889. The molecular weight excluding hydrogens is 403 g/mol. The first-order valence-corrected chi connectivity index (χ1v) is 11.9. The molecule has 1 fully saturated rings. The summed E-state index contributed by atoms with van der Waals surface area (Å²) in [4.78, 5) is 26.9. The van der Waals surface area contributed by atoms with Crippen LogP contribution in [0.2, 0.25) is 0 Å². The third-order valence-electron chi connectivity index (χ3n) is 6.57. The van der Waals surface area contributed by atoms with E-state index in [0.717, 1.165) is 57.4 Å². The Balaban J connectivity index is 1.39. The molecule has 0 bridgehead atoms. The summed E-state index contributed by atoms with van der Waals surface area (Å²) in [7, 11) is 0. The quantitative estimate of drug-likeness (QED) is 0.363. The Morgan fingerprint density at radius 1 is 1.09 bits per heavy atom. The van der Waals surface area contributed by atoms with Gasteiger partial charge in [-0.15, -0.1) is 0 Å². The zero-order chi connectivity index (χ0) is 22.9. The fourth-order valence-electron chi connectivity index (χ4n) is 4.21. The Morgan fingerprint density at radius 3 is 2.50 bits per heavy atom. The maximum absolute atomic E-state index is 13.0. The predicted molar refractivity (Wildman–Crippen MR) is 128 cm³/mol. The molecule has 1 unspecified atom stereocenters. The number of benzene rings is 2. The van der Waals surface area contributed by atoms with Gasteiger partial charge in [-0.3, -0.25) is 9.59 Å². The normalized spacial score (nSPS) is 16.0. The second kappa shape index (κ2) is 11.9. The second-order valence-corrected chi connectivity index (χ2v) is 8.93. The van der Waals surface area contributed by atoms with E-state index in [2.05, 4.69) is 22.3 Å². The Morgan fingerprint density at radius 2 is 1.81 bits per heavy atom. The lowest BCUT2D eigenvalue weighted by Gasteiger charge is -2.32. The zero-order valence-electron chi connectivity index (χ0n) is 19.3. The fraction of sp³-hybridized carbons (Fsp3) is 0.481. The van der Waals surface area contributed by atoms with Gasteiger partial charge in [0.1, 0.15) is 5.82 Å². The van der Waals surface area contributed by atoms with Crippen molar-refractivity contribution in [2.45, 2.75) is 58.3 Å². The summed E-state index contributed by atoms with van der Waals surface area (Å²) in [5, 5.41) is 3.04. The number of halogens is 1. The second-order valence-electron chi connectivity index (χ2n) is 8.93. The van der Waals surface area contributed by atoms with Gasteiger partial charge in [-0.2, -0.15) is 0 Å². The average Bonchev–Trinajstić information content (AvgIpc) is 2.82. The summed E-state index contributed by atoms with van der Waals surface area (Å²) in [5.74, 6) is 0.397. The highest BCUT2D eigenvalue weighted by Crippen LogP contribution is 2.30. The molecule has 1 saturated heterocycles. The van der Waals surface area contributed by atoms with Gasteiger partial charge in [0.15, 0.2) is 5.78 Å². The Labute approximate surface area is 191 Å². The number of amides is 1. The Hall–Kier alpha value is -2.53. The standard InChI is InChI=1S/C27H35FN2O2/c1-3-20(2)27(32)29-25-8-6-7-23(19-25)21-14-17-30(18-15-21)16-5-4-9-26(31)22-10-12-24(28)13-11-22/h6-8,10-13,19-21H,3-5,9,14-18H2,1-2H3,(H,29,32). The number of anilines is 1. The minimum atomic E-state index is -0.312. The van der Waals surface area contributed by atoms with Crippen LogP contribution in [0.4, 0.5) is 10.1 Å². The number of unbranched alkanes of at least 4 members (excludes halogenated alkanes) is 1. The molecule has 0 aliphatic carbocycles. The molecule has 0 radical (unpaired) electrons. The van der Waals surface area contributed by atoms with Gasteiger partial charge in [0, 0.05) is 23.6 Å². The van der Waals surface area contributed by atoms with Crippen molar-refractivity contribution in [3.8, 4) is 0 Å². The van der Waals surface area contributed by atoms with E-state index in [0.29, 0.717) is 17.9 Å². The summed E-state index contributed by atoms with van der Waals surface area (Å²) in [6.07, 6.45) is 5.42. The molecule has 32 heavy (non-hydrogen) atoms. The molecule has 1 atom stereocenters. The minimum absolute atomic E-state index is 0.0212. The number of carbonyl (C=O) groups is 2. The number of piperidine rings is 1. The van der Waals surface area contributed by atoms with E-state index in [1.165, 1.54) is 17.7 Å². The largest absolute Gasteiger partial charge is 0.326 e. The van der Waals surface area contributed by atoms with Crippen LogP contribution >= 0.6 is 0 Å². The van der Waals surface area contributed by atoms with Crippen molar-refractivity contribution in [2.75, 3.05) is 25.0 Å². The van der Waals surface area contributed by atoms with Crippen LogP contribution < -0.4 is 5.32 Å². The molecule has 4 nitrogen and oxygen atoms in total. The first-order valence-electron chi connectivity index (χ1n) is 11.9. The SMILES string of the molecule is CCC(C)C(=O)Nc1cccc(C2CCN(CCCCC(=O)c3ccc(F)cc3)CC2)c1. The number of ketones is 1. The smallest absolute Gasteiger partial charge is 0.227 e. The van der Waals surface area contributed by atoms with Gasteiger partial charge in [-0.25, -0.2) is 4.39 Å². The van der Waals surface area contributed by atoms with Gasteiger partial charge in [0.25, 0.3) is 0 Å². The van der Waals surface area contributed by atoms with Crippen LogP contribution in [0.5, 0.6) is 0 Å². The first-order chi connectivity index (χ1) is 15.5. The molecule has 0 aromatic heterocycles. The Kier molecular flexibility index (Phi) is 8.98. The van der Waals surface area contributed by atoms with Crippen molar-refractivity contribution in [1.29, 1.82) is 0 Å². The van der Waals surface area contributed by atoms with Crippen molar-refractivity contribution in [2.24, 2.45) is 5.92 Å². The molecule has 1 aliphatic rings. The van der Waals surface area contributed by atoms with Crippen LogP contribution in [0.3, 0.4) is 0 Å². The van der Waals surface area contributed by atoms with Crippen LogP contribution in [0.15, 0.2) is 48.5 Å². The van der Waals surface area contributed by atoms with Crippen LogP contribution in [0.25, 0.3) is 0 Å². The van der Waals surface area contributed by atoms with E-state index >= 15 is 0 Å². The van der Waals surface area contributed by atoms with Crippen molar-refractivity contribution >= 4 is 17.4 Å². The predicted octanol–water partition coefficient (Wildman–Crippen LogP) is 6.04. The van der Waals surface area contributed by atoms with Gasteiger partial charge in [0.2, 0.25) is 5.91 Å². The molecule has 172 valence electrons. The lowest BCUT2D eigenvalue weighted by molar-refractivity contribution is -0.119. The third-order valence-corrected chi connectivity index (χ3v) is 6.57. The fourth-order valence-corrected chi connectivity index (χ4v) is 4.21. The van der Waals surface area contributed by atoms with Gasteiger partial charge >= 0.3 is 0 Å². The molecule has 1 N–H and O–H groups in total. The third kappa shape index (κ3) is 6.99. The van der Waals surface area contributed by atoms with Gasteiger partial charge in [0.05, 0.1) is 0 Å². The molecule has 2 aromatic carbocycles. The van der Waals surface area contributed by atoms with Crippen molar-refractivity contribution in [3.63, 3.8) is 0 Å². The van der Waals surface area contributed by atoms with Crippen LogP contribution in [0, 0.1) is 11.7 Å². The molecule has 1 heterocycles. The number of nitrogens with one attached hydrogen (secondary N) is 1. The maximum Gasteiger partial charge on any atom is 0.227 e. The van der Waals surface area contributed by atoms with Crippen molar-refractivity contribution in [3.05, 3.63) is 65.5 Å². The van der Waals surface area contributed by atoms with Gasteiger partial charge in [-0.1, -0.05) is 26.0 Å². The highest BCUT2D eigenvalue weighted by Gasteiger charge is 2.21. The summed E-state index contributed by atoms with van der Waals surface area (Å²) < 4.78 is 13.0. The van der Waals surface area contributed by atoms with Gasteiger partial charge < -0.3 is 10.2 Å². The molecule has 0 saturated carbocycles. The van der Waals surface area contributed by atoms with E-state index in [9.17, 15) is 14.0 Å². The summed E-state index contributed by atoms with van der Waals surface area (Å²) in [6, 6.07) is 14.1. The molecule has 1 amide bonds. The van der Waals surface area contributed by atoms with Gasteiger partial charge in [-0.05, 0) is 99.6 Å². The first kappa shape index (κ1) is 24.1.